The number of anilines is 1. The number of thiophene rings is 1. The first-order chi connectivity index (χ1) is 9.93. The van der Waals surface area contributed by atoms with E-state index in [1.165, 1.54) is 16.0 Å². The summed E-state index contributed by atoms with van der Waals surface area (Å²) in [5, 5.41) is 4.19. The number of amides is 1. The minimum Gasteiger partial charge on any atom is -0.395 e. The molecule has 2 N–H and O–H groups in total. The third kappa shape index (κ3) is 3.28. The fourth-order valence-corrected chi connectivity index (χ4v) is 3.18. The fourth-order valence-electron chi connectivity index (χ4n) is 2.08. The first-order valence-electron chi connectivity index (χ1n) is 6.37. The standard InChI is InChI=1S/C14H17ClN4OS/c1-4-7-19(8-10-5-6-11(15)21-10)14(20)13-12(16)9(2)17-18(13)3/h4-6H,1,7-8,16H2,2-3H3. The quantitative estimate of drug-likeness (QED) is 0.860. The van der Waals surface area contributed by atoms with Gasteiger partial charge in [-0.25, -0.2) is 0 Å². The molecule has 0 aliphatic heterocycles. The molecule has 0 fully saturated rings. The van der Waals surface area contributed by atoms with E-state index in [0.717, 1.165) is 4.88 Å². The maximum Gasteiger partial charge on any atom is 0.274 e. The molecule has 2 rings (SSSR count). The molecule has 0 aliphatic rings. The van der Waals surface area contributed by atoms with Crippen LogP contribution in [0.2, 0.25) is 4.34 Å². The van der Waals surface area contributed by atoms with Gasteiger partial charge in [-0.3, -0.25) is 9.48 Å². The molecule has 0 bridgehead atoms. The van der Waals surface area contributed by atoms with E-state index >= 15 is 0 Å². The maximum atomic E-state index is 12.7. The molecular formula is C14H17ClN4OS. The summed E-state index contributed by atoms with van der Waals surface area (Å²) >= 11 is 7.38. The summed E-state index contributed by atoms with van der Waals surface area (Å²) in [7, 11) is 1.71. The topological polar surface area (TPSA) is 64.2 Å². The zero-order chi connectivity index (χ0) is 15.6. The summed E-state index contributed by atoms with van der Waals surface area (Å²) in [5.41, 5.74) is 7.43. The maximum absolute atomic E-state index is 12.7. The SMILES string of the molecule is C=CCN(Cc1ccc(Cl)s1)C(=O)c1c(N)c(C)nn1C. The number of hydrogen-bond donors (Lipinski definition) is 1. The van der Waals surface area contributed by atoms with E-state index in [2.05, 4.69) is 11.7 Å². The molecule has 1 amide bonds. The number of nitrogens with zero attached hydrogens (tertiary/aromatic N) is 3. The Morgan fingerprint density at radius 1 is 1.62 bits per heavy atom. The Morgan fingerprint density at radius 2 is 2.33 bits per heavy atom. The van der Waals surface area contributed by atoms with Crippen LogP contribution in [-0.4, -0.2) is 27.1 Å². The monoisotopic (exact) mass is 324 g/mol. The molecule has 0 atom stereocenters. The van der Waals surface area contributed by atoms with Gasteiger partial charge in [0.1, 0.15) is 5.69 Å². The summed E-state index contributed by atoms with van der Waals surface area (Å²) in [4.78, 5) is 15.4. The van der Waals surface area contributed by atoms with Crippen LogP contribution in [0, 0.1) is 6.92 Å². The Hall–Kier alpha value is -1.79. The number of aryl methyl sites for hydroxylation is 2. The highest BCUT2D eigenvalue weighted by atomic mass is 35.5. The molecule has 5 nitrogen and oxygen atoms in total. The van der Waals surface area contributed by atoms with Gasteiger partial charge >= 0.3 is 0 Å². The summed E-state index contributed by atoms with van der Waals surface area (Å²) in [6.45, 7) is 6.38. The van der Waals surface area contributed by atoms with Gasteiger partial charge in [0, 0.05) is 18.5 Å². The van der Waals surface area contributed by atoms with Gasteiger partial charge in [0.05, 0.1) is 22.3 Å². The van der Waals surface area contributed by atoms with Crippen LogP contribution in [-0.2, 0) is 13.6 Å². The van der Waals surface area contributed by atoms with E-state index in [0.29, 0.717) is 34.5 Å². The molecule has 0 radical (unpaired) electrons. The number of nitrogens with two attached hydrogens (primary N) is 1. The fraction of sp³-hybridized carbons (Fsp3) is 0.286. The lowest BCUT2D eigenvalue weighted by Crippen LogP contribution is -2.32. The molecule has 2 aromatic rings. The second-order valence-electron chi connectivity index (χ2n) is 4.65. The van der Waals surface area contributed by atoms with Gasteiger partial charge < -0.3 is 10.6 Å². The Kier molecular flexibility index (Phi) is 4.69. The summed E-state index contributed by atoms with van der Waals surface area (Å²) < 4.78 is 2.22. The zero-order valence-electron chi connectivity index (χ0n) is 12.0. The van der Waals surface area contributed by atoms with Crippen molar-refractivity contribution in [1.82, 2.24) is 14.7 Å². The van der Waals surface area contributed by atoms with Crippen LogP contribution in [0.15, 0.2) is 24.8 Å². The van der Waals surface area contributed by atoms with Gasteiger partial charge in [0.2, 0.25) is 0 Å². The molecule has 7 heteroatoms. The average molecular weight is 325 g/mol. The van der Waals surface area contributed by atoms with E-state index in [-0.39, 0.29) is 5.91 Å². The van der Waals surface area contributed by atoms with Crippen molar-refractivity contribution in [2.24, 2.45) is 7.05 Å². The lowest BCUT2D eigenvalue weighted by molar-refractivity contribution is 0.0754. The van der Waals surface area contributed by atoms with Crippen molar-refractivity contribution in [2.45, 2.75) is 13.5 Å². The summed E-state index contributed by atoms with van der Waals surface area (Å²) in [6.07, 6.45) is 1.69. The van der Waals surface area contributed by atoms with E-state index in [1.807, 2.05) is 12.1 Å². The molecule has 2 aromatic heterocycles. The lowest BCUT2D eigenvalue weighted by Gasteiger charge is -2.20. The van der Waals surface area contributed by atoms with Crippen molar-refractivity contribution >= 4 is 34.5 Å². The van der Waals surface area contributed by atoms with Crippen molar-refractivity contribution in [2.75, 3.05) is 12.3 Å². The molecule has 0 saturated carbocycles. The molecular weight excluding hydrogens is 308 g/mol. The number of halogens is 1. The predicted molar refractivity (Wildman–Crippen MR) is 86.6 cm³/mol. The highest BCUT2D eigenvalue weighted by Crippen LogP contribution is 2.24. The number of carbonyl (C=O) groups excluding carboxylic acids is 1. The molecule has 0 aliphatic carbocycles. The second-order valence-corrected chi connectivity index (χ2v) is 6.45. The summed E-state index contributed by atoms with van der Waals surface area (Å²) in [5.74, 6) is -0.167. The van der Waals surface area contributed by atoms with Crippen molar-refractivity contribution in [3.8, 4) is 0 Å². The van der Waals surface area contributed by atoms with Gasteiger partial charge in [-0.2, -0.15) is 5.10 Å². The molecule has 2 heterocycles. The molecule has 0 unspecified atom stereocenters. The Labute approximate surface area is 132 Å². The third-order valence-corrected chi connectivity index (χ3v) is 4.30. The lowest BCUT2D eigenvalue weighted by atomic mass is 10.2. The predicted octanol–water partition coefficient (Wildman–Crippen LogP) is 2.85. The molecule has 0 saturated heterocycles. The van der Waals surface area contributed by atoms with Crippen LogP contribution < -0.4 is 5.73 Å². The van der Waals surface area contributed by atoms with Crippen LogP contribution in [0.5, 0.6) is 0 Å². The number of nitrogen functional groups attached to an aromatic ring is 1. The van der Waals surface area contributed by atoms with Crippen LogP contribution in [0.25, 0.3) is 0 Å². The van der Waals surface area contributed by atoms with Gasteiger partial charge in [-0.05, 0) is 19.1 Å². The van der Waals surface area contributed by atoms with Crippen LogP contribution in [0.3, 0.4) is 0 Å². The van der Waals surface area contributed by atoms with Crippen molar-refractivity contribution in [3.05, 3.63) is 45.4 Å². The number of carbonyl (C=O) groups is 1. The average Bonchev–Trinajstić information content (AvgIpc) is 2.93. The Bertz CT molecular complexity index is 677. The van der Waals surface area contributed by atoms with Crippen LogP contribution >= 0.6 is 22.9 Å². The number of rotatable bonds is 5. The van der Waals surface area contributed by atoms with Gasteiger partial charge in [-0.15, -0.1) is 17.9 Å². The zero-order valence-corrected chi connectivity index (χ0v) is 13.5. The first kappa shape index (κ1) is 15.6. The second kappa shape index (κ2) is 6.32. The van der Waals surface area contributed by atoms with Crippen molar-refractivity contribution in [1.29, 1.82) is 0 Å². The van der Waals surface area contributed by atoms with Gasteiger partial charge in [-0.1, -0.05) is 17.7 Å². The van der Waals surface area contributed by atoms with Crippen LogP contribution in [0.1, 0.15) is 21.1 Å². The number of aromatic nitrogens is 2. The number of hydrogen-bond acceptors (Lipinski definition) is 4. The molecule has 21 heavy (non-hydrogen) atoms. The van der Waals surface area contributed by atoms with Gasteiger partial charge in [0.25, 0.3) is 5.91 Å². The minimum absolute atomic E-state index is 0.167. The van der Waals surface area contributed by atoms with Crippen molar-refractivity contribution in [3.63, 3.8) is 0 Å². The Morgan fingerprint density at radius 3 is 2.81 bits per heavy atom. The highest BCUT2D eigenvalue weighted by molar-refractivity contribution is 7.16. The summed E-state index contributed by atoms with van der Waals surface area (Å²) in [6, 6.07) is 3.73. The van der Waals surface area contributed by atoms with Crippen LogP contribution in [0.4, 0.5) is 5.69 Å². The van der Waals surface area contributed by atoms with E-state index < -0.39 is 0 Å². The van der Waals surface area contributed by atoms with Crippen molar-refractivity contribution < 1.29 is 4.79 Å². The first-order valence-corrected chi connectivity index (χ1v) is 7.57. The van der Waals surface area contributed by atoms with Gasteiger partial charge in [0.15, 0.2) is 0 Å². The molecule has 112 valence electrons. The Balaban J connectivity index is 2.28. The molecule has 0 aromatic carbocycles. The third-order valence-electron chi connectivity index (χ3n) is 3.08. The van der Waals surface area contributed by atoms with E-state index in [4.69, 9.17) is 17.3 Å². The highest BCUT2D eigenvalue weighted by Gasteiger charge is 2.23. The van der Waals surface area contributed by atoms with E-state index in [9.17, 15) is 4.79 Å². The largest absolute Gasteiger partial charge is 0.395 e. The molecule has 0 spiro atoms. The normalized spacial score (nSPS) is 10.6. The minimum atomic E-state index is -0.167. The smallest absolute Gasteiger partial charge is 0.274 e. The van der Waals surface area contributed by atoms with E-state index in [1.54, 1.807) is 24.9 Å².